The van der Waals surface area contributed by atoms with Crippen LogP contribution in [-0.2, 0) is 5.41 Å². The predicted octanol–water partition coefficient (Wildman–Crippen LogP) is 7.56. The van der Waals surface area contributed by atoms with E-state index in [4.69, 9.17) is 14.2 Å². The summed E-state index contributed by atoms with van der Waals surface area (Å²) in [6.07, 6.45) is 9.89. The van der Waals surface area contributed by atoms with Gasteiger partial charge in [-0.2, -0.15) is 0 Å². The number of hydrogen-bond donors (Lipinski definition) is 1. The largest absolute Gasteiger partial charge is 0.497 e. The van der Waals surface area contributed by atoms with Gasteiger partial charge in [-0.3, -0.25) is 4.79 Å². The van der Waals surface area contributed by atoms with Gasteiger partial charge in [-0.05, 0) is 48.6 Å². The molecule has 0 saturated heterocycles. The normalized spacial score (nSPS) is 10.9. The highest BCUT2D eigenvalue weighted by atomic mass is 16.5. The lowest BCUT2D eigenvalue weighted by Crippen LogP contribution is -2.12. The Morgan fingerprint density at radius 1 is 0.925 bits per heavy atom. The second-order valence-corrected chi connectivity index (χ2v) is 10.8. The number of carbonyl (C=O) groups is 1. The van der Waals surface area contributed by atoms with Crippen LogP contribution in [0.25, 0.3) is 5.69 Å². The number of methoxy groups -OCH3 is 2. The maximum atomic E-state index is 10.8. The number of carbonyl (C=O) groups excluding carboxylic acids is 1. The summed E-state index contributed by atoms with van der Waals surface area (Å²) in [5, 5.41) is 11.0. The third-order valence-corrected chi connectivity index (χ3v) is 6.78. The number of aldehydes is 1. The second-order valence-electron chi connectivity index (χ2n) is 10.8. The molecule has 0 unspecified atom stereocenters. The molecule has 0 aliphatic carbocycles. The molecule has 2 aromatic carbocycles. The van der Waals surface area contributed by atoms with E-state index in [-0.39, 0.29) is 5.41 Å². The number of nitrogens with zero attached hydrogens (tertiary/aromatic N) is 3. The summed E-state index contributed by atoms with van der Waals surface area (Å²) in [7, 11) is 5.11. The summed E-state index contributed by atoms with van der Waals surface area (Å²) >= 11 is 0. The Kier molecular flexibility index (Phi) is 13.5. The molecule has 40 heavy (non-hydrogen) atoms. The Labute approximate surface area is 240 Å². The average molecular weight is 553 g/mol. The highest BCUT2D eigenvalue weighted by molar-refractivity contribution is 5.73. The monoisotopic (exact) mass is 552 g/mol. The molecule has 0 amide bonds. The Morgan fingerprint density at radius 2 is 1.60 bits per heavy atom. The van der Waals surface area contributed by atoms with Crippen molar-refractivity contribution in [1.29, 1.82) is 0 Å². The van der Waals surface area contributed by atoms with Gasteiger partial charge in [-0.1, -0.05) is 77.5 Å². The van der Waals surface area contributed by atoms with E-state index in [0.29, 0.717) is 34.9 Å². The van der Waals surface area contributed by atoms with Crippen LogP contribution in [0.3, 0.4) is 0 Å². The minimum atomic E-state index is 0.169. The van der Waals surface area contributed by atoms with E-state index in [1.54, 1.807) is 44.0 Å². The van der Waals surface area contributed by atoms with Crippen molar-refractivity contribution in [2.75, 3.05) is 33.2 Å². The molecule has 1 heterocycles. The van der Waals surface area contributed by atoms with Crippen molar-refractivity contribution in [3.05, 3.63) is 53.3 Å². The molecule has 3 aromatic rings. The summed E-state index contributed by atoms with van der Waals surface area (Å²) in [6, 6.07) is 11.8. The van der Waals surface area contributed by atoms with Crippen LogP contribution in [-0.4, -0.2) is 49.2 Å². The van der Waals surface area contributed by atoms with Crippen LogP contribution in [0.2, 0.25) is 0 Å². The zero-order valence-corrected chi connectivity index (χ0v) is 25.7. The van der Waals surface area contributed by atoms with Crippen LogP contribution in [0.15, 0.2) is 36.4 Å². The van der Waals surface area contributed by atoms with Crippen LogP contribution in [0.5, 0.6) is 17.2 Å². The first kappa shape index (κ1) is 32.7. The molecule has 0 saturated carbocycles. The minimum Gasteiger partial charge on any atom is -0.497 e. The van der Waals surface area contributed by atoms with Crippen molar-refractivity contribution in [3.63, 3.8) is 0 Å². The first-order chi connectivity index (χ1) is 19.2. The van der Waals surface area contributed by atoms with E-state index in [9.17, 15) is 4.79 Å². The number of anilines is 1. The lowest BCUT2D eigenvalue weighted by atomic mass is 9.87. The lowest BCUT2D eigenvalue weighted by molar-refractivity contribution is 0.111. The molecule has 220 valence electrons. The number of hydrogen-bond acceptors (Lipinski definition) is 7. The van der Waals surface area contributed by atoms with Gasteiger partial charge in [0.05, 0.1) is 32.2 Å². The van der Waals surface area contributed by atoms with Crippen molar-refractivity contribution >= 4 is 12.0 Å². The van der Waals surface area contributed by atoms with E-state index in [1.165, 1.54) is 44.1 Å². The lowest BCUT2D eigenvalue weighted by Gasteiger charge is -2.21. The Balaban J connectivity index is 0.000000285. The van der Waals surface area contributed by atoms with E-state index in [1.807, 2.05) is 7.05 Å². The van der Waals surface area contributed by atoms with Gasteiger partial charge in [0, 0.05) is 13.1 Å². The van der Waals surface area contributed by atoms with Gasteiger partial charge in [-0.25, -0.2) is 4.68 Å². The predicted molar refractivity (Wildman–Crippen MR) is 163 cm³/mol. The smallest absolute Gasteiger partial charge is 0.172 e. The quantitative estimate of drug-likeness (QED) is 0.163. The number of nitrogens with one attached hydrogen (secondary N) is 1. The molecule has 0 bridgehead atoms. The number of ether oxygens (including phenoxy) is 3. The molecule has 8 heteroatoms. The van der Waals surface area contributed by atoms with Gasteiger partial charge in [-0.15, -0.1) is 5.10 Å². The summed E-state index contributed by atoms with van der Waals surface area (Å²) in [4.78, 5) is 10.8. The van der Waals surface area contributed by atoms with Crippen LogP contribution in [0, 0.1) is 6.92 Å². The number of rotatable bonds is 14. The fourth-order valence-electron chi connectivity index (χ4n) is 4.20. The van der Waals surface area contributed by atoms with Crippen LogP contribution in [0.4, 0.5) is 5.69 Å². The number of benzene rings is 2. The van der Waals surface area contributed by atoms with Crippen molar-refractivity contribution < 1.29 is 19.0 Å². The van der Waals surface area contributed by atoms with Gasteiger partial charge in [0.1, 0.15) is 28.6 Å². The third kappa shape index (κ3) is 9.57. The fraction of sp³-hybridized carbons (Fsp3) is 0.531. The van der Waals surface area contributed by atoms with Gasteiger partial charge in [0.15, 0.2) is 6.29 Å². The third-order valence-electron chi connectivity index (χ3n) is 6.78. The molecule has 3 rings (SSSR count). The summed E-state index contributed by atoms with van der Waals surface area (Å²) in [6.45, 7) is 11.6. The SMILES string of the molecule is CCCCCCCCCOc1ccc(C(C)(C)C)cc1NC.COc1ccc(OC)c(-n2nnc(C=O)c2C)c1. The Morgan fingerprint density at radius 3 is 2.17 bits per heavy atom. The number of aromatic nitrogens is 3. The molecular weight excluding hydrogens is 504 g/mol. The molecule has 1 N–H and O–H groups in total. The van der Waals surface area contributed by atoms with Gasteiger partial charge < -0.3 is 19.5 Å². The van der Waals surface area contributed by atoms with E-state index < -0.39 is 0 Å². The number of unbranched alkanes of at least 4 members (excludes halogenated alkanes) is 6. The Bertz CT molecular complexity index is 1180. The van der Waals surface area contributed by atoms with Crippen molar-refractivity contribution in [3.8, 4) is 22.9 Å². The second kappa shape index (κ2) is 16.5. The van der Waals surface area contributed by atoms with Crippen LogP contribution < -0.4 is 19.5 Å². The minimum absolute atomic E-state index is 0.169. The molecule has 8 nitrogen and oxygen atoms in total. The summed E-state index contributed by atoms with van der Waals surface area (Å²) < 4.78 is 17.9. The van der Waals surface area contributed by atoms with Crippen LogP contribution in [0.1, 0.15) is 94.4 Å². The van der Waals surface area contributed by atoms with Crippen molar-refractivity contribution in [2.24, 2.45) is 0 Å². The first-order valence-corrected chi connectivity index (χ1v) is 14.2. The summed E-state index contributed by atoms with van der Waals surface area (Å²) in [5.74, 6) is 2.27. The van der Waals surface area contributed by atoms with E-state index in [0.717, 1.165) is 24.5 Å². The topological polar surface area (TPSA) is 87.5 Å². The van der Waals surface area contributed by atoms with E-state index in [2.05, 4.69) is 61.5 Å². The molecule has 0 fully saturated rings. The van der Waals surface area contributed by atoms with Gasteiger partial charge >= 0.3 is 0 Å². The van der Waals surface area contributed by atoms with Gasteiger partial charge in [0.2, 0.25) is 0 Å². The van der Waals surface area contributed by atoms with Crippen molar-refractivity contribution in [2.45, 2.75) is 85.0 Å². The highest BCUT2D eigenvalue weighted by Gasteiger charge is 2.16. The average Bonchev–Trinajstić information content (AvgIpc) is 3.33. The molecule has 0 aliphatic heterocycles. The molecule has 0 atom stereocenters. The van der Waals surface area contributed by atoms with Gasteiger partial charge in [0.25, 0.3) is 0 Å². The highest BCUT2D eigenvalue weighted by Crippen LogP contribution is 2.31. The summed E-state index contributed by atoms with van der Waals surface area (Å²) in [5.41, 5.74) is 4.23. The van der Waals surface area contributed by atoms with Crippen molar-refractivity contribution in [1.82, 2.24) is 15.0 Å². The fourth-order valence-corrected chi connectivity index (χ4v) is 4.20. The maximum absolute atomic E-state index is 10.8. The molecular formula is C32H48N4O4. The van der Waals surface area contributed by atoms with E-state index >= 15 is 0 Å². The standard InChI is InChI=1S/C20H35NO.C12H13N3O3/c1-6-7-8-9-10-11-12-15-22-19-14-13-17(20(2,3)4)16-18(19)21-5;1-8-10(7-16)13-14-15(8)11-6-9(17-2)4-5-12(11)18-3/h13-14,16,21H,6-12,15H2,1-5H3;4-7H,1-3H3. The molecule has 0 aliphatic rings. The molecule has 1 aromatic heterocycles. The maximum Gasteiger partial charge on any atom is 0.172 e. The zero-order valence-electron chi connectivity index (χ0n) is 25.7. The molecule has 0 radical (unpaired) electrons. The molecule has 0 spiro atoms. The van der Waals surface area contributed by atoms with Crippen LogP contribution >= 0.6 is 0 Å². The first-order valence-electron chi connectivity index (χ1n) is 14.2. The Hall–Kier alpha value is -3.55. The zero-order chi connectivity index (χ0) is 29.5.